The van der Waals surface area contributed by atoms with Crippen LogP contribution in [0.3, 0.4) is 0 Å². The second-order valence-corrected chi connectivity index (χ2v) is 6.89. The highest BCUT2D eigenvalue weighted by molar-refractivity contribution is 5.44. The first-order valence-corrected chi connectivity index (χ1v) is 8.56. The van der Waals surface area contributed by atoms with Gasteiger partial charge in [0, 0.05) is 49.7 Å². The van der Waals surface area contributed by atoms with Gasteiger partial charge in [0.2, 0.25) is 5.95 Å². The van der Waals surface area contributed by atoms with Gasteiger partial charge < -0.3 is 15.2 Å². The molecule has 0 spiro atoms. The molecule has 2 fully saturated rings. The van der Waals surface area contributed by atoms with Gasteiger partial charge in [-0.2, -0.15) is 4.98 Å². The lowest BCUT2D eigenvalue weighted by Crippen LogP contribution is -2.36. The lowest BCUT2D eigenvalue weighted by molar-refractivity contribution is 0.461. The summed E-state index contributed by atoms with van der Waals surface area (Å²) in [6, 6.07) is 2.02. The third-order valence-corrected chi connectivity index (χ3v) is 4.87. The fraction of sp³-hybridized carbons (Fsp3) is 0.588. The maximum atomic E-state index is 5.82. The highest BCUT2D eigenvalue weighted by atomic mass is 15.2. The number of nitrogens with two attached hydrogens (primary N) is 1. The van der Waals surface area contributed by atoms with Gasteiger partial charge in [0.25, 0.3) is 0 Å². The van der Waals surface area contributed by atoms with Crippen molar-refractivity contribution in [1.29, 1.82) is 0 Å². The maximum absolute atomic E-state index is 5.82. The van der Waals surface area contributed by atoms with Crippen LogP contribution in [0.4, 0.5) is 11.8 Å². The molecule has 4 rings (SSSR count). The Morgan fingerprint density at radius 2 is 2.13 bits per heavy atom. The molecule has 0 amide bonds. The first-order chi connectivity index (χ1) is 11.2. The minimum Gasteiger partial charge on any atom is -0.368 e. The van der Waals surface area contributed by atoms with E-state index in [1.165, 1.54) is 25.1 Å². The van der Waals surface area contributed by atoms with E-state index in [-0.39, 0.29) is 0 Å². The molecule has 0 radical (unpaired) electrons. The fourth-order valence-corrected chi connectivity index (χ4v) is 3.55. The molecule has 2 N–H and O–H groups in total. The molecule has 6 heteroatoms. The second kappa shape index (κ2) is 5.83. The highest BCUT2D eigenvalue weighted by Gasteiger charge is 2.28. The number of imidazole rings is 1. The first kappa shape index (κ1) is 14.5. The Bertz CT molecular complexity index is 670. The summed E-state index contributed by atoms with van der Waals surface area (Å²) in [7, 11) is 0. The zero-order valence-electron chi connectivity index (χ0n) is 13.6. The van der Waals surface area contributed by atoms with E-state index in [0.29, 0.717) is 11.9 Å². The van der Waals surface area contributed by atoms with Crippen molar-refractivity contribution in [2.75, 3.05) is 23.7 Å². The smallest absolute Gasteiger partial charge is 0.222 e. The molecule has 0 unspecified atom stereocenters. The standard InChI is InChI=1S/C17H24N6/c1-12-9-15(21-17(18)20-12)22-7-2-3-14(11-22)16-19-6-8-23(16)10-13-4-5-13/h6,8-9,13-14H,2-5,7,10-11H2,1H3,(H2,18,20,21)/t14-/m1/s1. The van der Waals surface area contributed by atoms with E-state index in [9.17, 15) is 0 Å². The van der Waals surface area contributed by atoms with Crippen molar-refractivity contribution in [1.82, 2.24) is 19.5 Å². The second-order valence-electron chi connectivity index (χ2n) is 6.89. The van der Waals surface area contributed by atoms with Crippen molar-refractivity contribution in [2.24, 2.45) is 5.92 Å². The van der Waals surface area contributed by atoms with Gasteiger partial charge in [-0.1, -0.05) is 0 Å². The van der Waals surface area contributed by atoms with Crippen LogP contribution in [-0.2, 0) is 6.54 Å². The van der Waals surface area contributed by atoms with Gasteiger partial charge >= 0.3 is 0 Å². The van der Waals surface area contributed by atoms with E-state index >= 15 is 0 Å². The molecular weight excluding hydrogens is 288 g/mol. The van der Waals surface area contributed by atoms with Crippen LogP contribution in [0.25, 0.3) is 0 Å². The summed E-state index contributed by atoms with van der Waals surface area (Å²) in [6.45, 7) is 5.07. The highest BCUT2D eigenvalue weighted by Crippen LogP contribution is 2.33. The quantitative estimate of drug-likeness (QED) is 0.938. The molecule has 0 aromatic carbocycles. The first-order valence-electron chi connectivity index (χ1n) is 8.56. The summed E-state index contributed by atoms with van der Waals surface area (Å²) in [5, 5.41) is 0. The molecule has 3 heterocycles. The van der Waals surface area contributed by atoms with E-state index in [0.717, 1.165) is 43.5 Å². The van der Waals surface area contributed by atoms with Crippen molar-refractivity contribution in [2.45, 2.75) is 45.1 Å². The number of nitrogen functional groups attached to an aromatic ring is 1. The van der Waals surface area contributed by atoms with E-state index in [1.54, 1.807) is 0 Å². The summed E-state index contributed by atoms with van der Waals surface area (Å²) in [6.07, 6.45) is 9.17. The van der Waals surface area contributed by atoms with Crippen LogP contribution in [0, 0.1) is 12.8 Å². The lowest BCUT2D eigenvalue weighted by atomic mass is 9.97. The Balaban J connectivity index is 1.53. The molecule has 6 nitrogen and oxygen atoms in total. The van der Waals surface area contributed by atoms with Crippen LogP contribution in [-0.4, -0.2) is 32.6 Å². The number of aryl methyl sites for hydroxylation is 1. The fourth-order valence-electron chi connectivity index (χ4n) is 3.55. The molecule has 1 aliphatic carbocycles. The van der Waals surface area contributed by atoms with Gasteiger partial charge in [-0.05, 0) is 38.5 Å². The number of rotatable bonds is 4. The Kier molecular flexibility index (Phi) is 3.67. The van der Waals surface area contributed by atoms with Crippen molar-refractivity contribution in [3.63, 3.8) is 0 Å². The molecule has 23 heavy (non-hydrogen) atoms. The summed E-state index contributed by atoms with van der Waals surface area (Å²) >= 11 is 0. The van der Waals surface area contributed by atoms with Crippen LogP contribution in [0.5, 0.6) is 0 Å². The van der Waals surface area contributed by atoms with Gasteiger partial charge in [0.1, 0.15) is 11.6 Å². The minimum absolute atomic E-state index is 0.359. The minimum atomic E-state index is 0.359. The average Bonchev–Trinajstić information content (AvgIpc) is 3.22. The van der Waals surface area contributed by atoms with Crippen LogP contribution < -0.4 is 10.6 Å². The Morgan fingerprint density at radius 1 is 1.26 bits per heavy atom. The molecule has 1 atom stereocenters. The molecule has 0 bridgehead atoms. The van der Waals surface area contributed by atoms with Crippen LogP contribution in [0.2, 0.25) is 0 Å². The summed E-state index contributed by atoms with van der Waals surface area (Å²) in [4.78, 5) is 15.6. The van der Waals surface area contributed by atoms with Crippen molar-refractivity contribution in [3.8, 4) is 0 Å². The largest absolute Gasteiger partial charge is 0.368 e. The maximum Gasteiger partial charge on any atom is 0.222 e. The molecule has 1 saturated carbocycles. The van der Waals surface area contributed by atoms with Gasteiger partial charge in [0.15, 0.2) is 0 Å². The van der Waals surface area contributed by atoms with E-state index in [2.05, 4.69) is 30.6 Å². The topological polar surface area (TPSA) is 72.9 Å². The van der Waals surface area contributed by atoms with Crippen molar-refractivity contribution >= 4 is 11.8 Å². The van der Waals surface area contributed by atoms with Gasteiger partial charge in [0.05, 0.1) is 0 Å². The average molecular weight is 312 g/mol. The molecular formula is C17H24N6. The summed E-state index contributed by atoms with van der Waals surface area (Å²) < 4.78 is 2.37. The van der Waals surface area contributed by atoms with E-state index in [4.69, 9.17) is 5.73 Å². The van der Waals surface area contributed by atoms with Crippen molar-refractivity contribution in [3.05, 3.63) is 30.0 Å². The molecule has 2 aromatic rings. The monoisotopic (exact) mass is 312 g/mol. The van der Waals surface area contributed by atoms with Crippen LogP contribution in [0.15, 0.2) is 18.5 Å². The number of nitrogens with zero attached hydrogens (tertiary/aromatic N) is 5. The number of anilines is 2. The Hall–Kier alpha value is -2.11. The number of hydrogen-bond acceptors (Lipinski definition) is 5. The molecule has 2 aromatic heterocycles. The SMILES string of the molecule is Cc1cc(N2CCC[C@@H](c3nccn3CC3CC3)C2)nc(N)n1. The molecule has 1 saturated heterocycles. The van der Waals surface area contributed by atoms with Crippen LogP contribution in [0.1, 0.15) is 43.1 Å². The van der Waals surface area contributed by atoms with Crippen LogP contribution >= 0.6 is 0 Å². The third kappa shape index (κ3) is 3.16. The number of piperidine rings is 1. The third-order valence-electron chi connectivity index (χ3n) is 4.87. The predicted molar refractivity (Wildman–Crippen MR) is 90.3 cm³/mol. The van der Waals surface area contributed by atoms with Gasteiger partial charge in [-0.3, -0.25) is 0 Å². The van der Waals surface area contributed by atoms with E-state index in [1.807, 2.05) is 19.2 Å². The predicted octanol–water partition coefficient (Wildman–Crippen LogP) is 2.36. The lowest BCUT2D eigenvalue weighted by Gasteiger charge is -2.33. The normalized spacial score (nSPS) is 21.6. The Morgan fingerprint density at radius 3 is 2.91 bits per heavy atom. The van der Waals surface area contributed by atoms with E-state index < -0.39 is 0 Å². The molecule has 1 aliphatic heterocycles. The van der Waals surface area contributed by atoms with Gasteiger partial charge in [-0.25, -0.2) is 9.97 Å². The molecule has 2 aliphatic rings. The number of aromatic nitrogens is 4. The summed E-state index contributed by atoms with van der Waals surface area (Å²) in [5.41, 5.74) is 6.74. The Labute approximate surface area is 136 Å². The number of hydrogen-bond donors (Lipinski definition) is 1. The van der Waals surface area contributed by atoms with Gasteiger partial charge in [-0.15, -0.1) is 0 Å². The summed E-state index contributed by atoms with van der Waals surface area (Å²) in [5.74, 6) is 3.87. The zero-order chi connectivity index (χ0) is 15.8. The zero-order valence-corrected chi connectivity index (χ0v) is 13.6. The van der Waals surface area contributed by atoms with Crippen molar-refractivity contribution < 1.29 is 0 Å². The molecule has 122 valence electrons.